The third-order valence-corrected chi connectivity index (χ3v) is 4.51. The Hall–Kier alpha value is -0.100. The van der Waals surface area contributed by atoms with E-state index in [0.717, 1.165) is 6.42 Å². The van der Waals surface area contributed by atoms with Gasteiger partial charge in [-0.15, -0.1) is 0 Å². The minimum absolute atomic E-state index is 0.0716. The number of halogens is 1. The zero-order chi connectivity index (χ0) is 11.2. The van der Waals surface area contributed by atoms with E-state index >= 15 is 0 Å². The van der Waals surface area contributed by atoms with E-state index in [0.29, 0.717) is 5.33 Å². The Balaban J connectivity index is 4.27. The minimum atomic E-state index is -3.26. The molecule has 14 heavy (non-hydrogen) atoms. The molecule has 1 atom stereocenters. The molecule has 0 aromatic rings. The van der Waals surface area contributed by atoms with Gasteiger partial charge in [0.15, 0.2) is 9.84 Å². The maximum Gasteiger partial charge on any atom is 0.234 e. The Kier molecular flexibility index (Phi) is 6.35. The first-order chi connectivity index (χ1) is 6.45. The number of rotatable bonds is 6. The predicted octanol–water partition coefficient (Wildman–Crippen LogP) is 0.568. The zero-order valence-corrected chi connectivity index (χ0v) is 10.8. The number of carbonyl (C=O) groups is 1. The molecule has 1 N–H and O–H groups in total. The molecule has 84 valence electrons. The highest BCUT2D eigenvalue weighted by Crippen LogP contribution is 2.10. The van der Waals surface area contributed by atoms with E-state index in [1.165, 1.54) is 7.05 Å². The topological polar surface area (TPSA) is 63.2 Å². The van der Waals surface area contributed by atoms with Gasteiger partial charge in [0.2, 0.25) is 5.91 Å². The van der Waals surface area contributed by atoms with Crippen molar-refractivity contribution < 1.29 is 13.2 Å². The molecule has 6 heteroatoms. The molecule has 0 aliphatic carbocycles. The van der Waals surface area contributed by atoms with Gasteiger partial charge in [0.05, 0.1) is 5.75 Å². The molecule has 1 amide bonds. The molecule has 0 aromatic heterocycles. The van der Waals surface area contributed by atoms with Crippen LogP contribution in [-0.2, 0) is 14.6 Å². The van der Waals surface area contributed by atoms with Crippen LogP contribution in [0.2, 0.25) is 0 Å². The Morgan fingerprint density at radius 2 is 2.07 bits per heavy atom. The number of nitrogens with one attached hydrogen (secondary N) is 1. The number of hydrogen-bond donors (Lipinski definition) is 1. The Labute approximate surface area is 93.5 Å². The van der Waals surface area contributed by atoms with Crippen molar-refractivity contribution in [3.05, 3.63) is 0 Å². The van der Waals surface area contributed by atoms with Crippen molar-refractivity contribution in [3.8, 4) is 0 Å². The summed E-state index contributed by atoms with van der Waals surface area (Å²) in [7, 11) is -1.83. The van der Waals surface area contributed by atoms with Crippen LogP contribution in [0.25, 0.3) is 0 Å². The van der Waals surface area contributed by atoms with E-state index in [9.17, 15) is 13.2 Å². The maximum absolute atomic E-state index is 11.4. The zero-order valence-electron chi connectivity index (χ0n) is 8.42. The van der Waals surface area contributed by atoms with Crippen molar-refractivity contribution in [1.29, 1.82) is 0 Å². The van der Waals surface area contributed by atoms with E-state index < -0.39 is 21.5 Å². The van der Waals surface area contributed by atoms with Gasteiger partial charge in [0, 0.05) is 12.4 Å². The van der Waals surface area contributed by atoms with Crippen LogP contribution >= 0.6 is 15.9 Å². The van der Waals surface area contributed by atoms with Crippen molar-refractivity contribution in [2.75, 3.05) is 23.9 Å². The normalized spacial score (nSPS) is 13.6. The monoisotopic (exact) mass is 285 g/mol. The van der Waals surface area contributed by atoms with Gasteiger partial charge < -0.3 is 5.32 Å². The lowest BCUT2D eigenvalue weighted by Gasteiger charge is -2.10. The number of amides is 1. The molecule has 0 aromatic carbocycles. The molecule has 4 nitrogen and oxygen atoms in total. The van der Waals surface area contributed by atoms with Gasteiger partial charge >= 0.3 is 0 Å². The maximum atomic E-state index is 11.4. The summed E-state index contributed by atoms with van der Waals surface area (Å²) in [6.07, 6.45) is 0.790. The lowest BCUT2D eigenvalue weighted by molar-refractivity contribution is -0.118. The largest absolute Gasteiger partial charge is 0.358 e. The summed E-state index contributed by atoms with van der Waals surface area (Å²) in [6, 6.07) is 0. The Bertz CT molecular complexity index is 272. The highest BCUT2D eigenvalue weighted by molar-refractivity contribution is 9.09. The van der Waals surface area contributed by atoms with Gasteiger partial charge in [-0.3, -0.25) is 4.79 Å². The lowest BCUT2D eigenvalue weighted by Crippen LogP contribution is -2.30. The smallest absolute Gasteiger partial charge is 0.234 e. The number of hydrogen-bond acceptors (Lipinski definition) is 3. The van der Waals surface area contributed by atoms with Crippen LogP contribution in [0, 0.1) is 5.92 Å². The fourth-order valence-electron chi connectivity index (χ4n) is 0.961. The van der Waals surface area contributed by atoms with Gasteiger partial charge in [-0.05, 0) is 5.92 Å². The number of sulfone groups is 1. The van der Waals surface area contributed by atoms with Crippen molar-refractivity contribution in [2.24, 2.45) is 5.92 Å². The van der Waals surface area contributed by atoms with Gasteiger partial charge in [0.25, 0.3) is 0 Å². The third-order valence-electron chi connectivity index (χ3n) is 1.92. The van der Waals surface area contributed by atoms with Crippen molar-refractivity contribution in [1.82, 2.24) is 5.32 Å². The highest BCUT2D eigenvalue weighted by Gasteiger charge is 2.20. The van der Waals surface area contributed by atoms with Crippen molar-refractivity contribution >= 4 is 31.7 Å². The summed E-state index contributed by atoms with van der Waals surface area (Å²) in [6.45, 7) is 1.93. The van der Waals surface area contributed by atoms with E-state index in [1.807, 2.05) is 6.92 Å². The molecule has 0 saturated carbocycles. The summed E-state index contributed by atoms with van der Waals surface area (Å²) >= 11 is 3.25. The second-order valence-corrected chi connectivity index (χ2v) is 5.91. The summed E-state index contributed by atoms with van der Waals surface area (Å²) < 4.78 is 22.9. The first kappa shape index (κ1) is 13.9. The van der Waals surface area contributed by atoms with E-state index in [2.05, 4.69) is 21.2 Å². The van der Waals surface area contributed by atoms with Gasteiger partial charge in [-0.1, -0.05) is 29.3 Å². The van der Waals surface area contributed by atoms with E-state index in [1.54, 1.807) is 0 Å². The fraction of sp³-hybridized carbons (Fsp3) is 0.875. The molecule has 0 aliphatic rings. The Morgan fingerprint density at radius 3 is 2.43 bits per heavy atom. The van der Waals surface area contributed by atoms with Crippen LogP contribution in [0.15, 0.2) is 0 Å². The average molecular weight is 286 g/mol. The molecule has 0 aliphatic heterocycles. The molecular weight excluding hydrogens is 270 g/mol. The van der Waals surface area contributed by atoms with E-state index in [-0.39, 0.29) is 11.7 Å². The number of carbonyl (C=O) groups excluding carboxylic acids is 1. The lowest BCUT2D eigenvalue weighted by atomic mass is 10.2. The van der Waals surface area contributed by atoms with Crippen LogP contribution in [0.5, 0.6) is 0 Å². The second-order valence-electron chi connectivity index (χ2n) is 3.16. The number of alkyl halides is 1. The molecule has 0 spiro atoms. The fourth-order valence-corrected chi connectivity index (χ4v) is 3.68. The van der Waals surface area contributed by atoms with Crippen LogP contribution in [0.3, 0.4) is 0 Å². The predicted molar refractivity (Wildman–Crippen MR) is 60.3 cm³/mol. The molecule has 1 unspecified atom stereocenters. The van der Waals surface area contributed by atoms with Crippen LogP contribution < -0.4 is 5.32 Å². The van der Waals surface area contributed by atoms with Gasteiger partial charge in [-0.25, -0.2) is 8.42 Å². The molecule has 0 fully saturated rings. The van der Waals surface area contributed by atoms with Crippen LogP contribution in [0.4, 0.5) is 0 Å². The third kappa shape index (κ3) is 5.59. The Morgan fingerprint density at radius 1 is 1.50 bits per heavy atom. The van der Waals surface area contributed by atoms with Crippen molar-refractivity contribution in [3.63, 3.8) is 0 Å². The molecule has 0 rings (SSSR count). The molecule has 0 saturated heterocycles. The quantitative estimate of drug-likeness (QED) is 0.726. The summed E-state index contributed by atoms with van der Waals surface area (Å²) in [5.41, 5.74) is 0. The molecule has 0 radical (unpaired) electrons. The molecule has 0 bridgehead atoms. The average Bonchev–Trinajstić information content (AvgIpc) is 2.13. The van der Waals surface area contributed by atoms with E-state index in [4.69, 9.17) is 0 Å². The SMILES string of the molecule is CCC(CBr)CS(=O)(=O)CC(=O)NC. The minimum Gasteiger partial charge on any atom is -0.358 e. The first-order valence-electron chi connectivity index (χ1n) is 4.42. The first-order valence-corrected chi connectivity index (χ1v) is 7.36. The van der Waals surface area contributed by atoms with Crippen LogP contribution in [-0.4, -0.2) is 38.2 Å². The molecule has 0 heterocycles. The molecular formula is C8H16BrNO3S. The highest BCUT2D eigenvalue weighted by atomic mass is 79.9. The summed E-state index contributed by atoms with van der Waals surface area (Å²) in [4.78, 5) is 10.9. The second kappa shape index (κ2) is 6.40. The summed E-state index contributed by atoms with van der Waals surface area (Å²) in [5, 5.41) is 2.95. The van der Waals surface area contributed by atoms with Crippen LogP contribution in [0.1, 0.15) is 13.3 Å². The van der Waals surface area contributed by atoms with Gasteiger partial charge in [-0.2, -0.15) is 0 Å². The summed E-state index contributed by atoms with van der Waals surface area (Å²) in [5.74, 6) is -0.700. The van der Waals surface area contributed by atoms with Gasteiger partial charge in [0.1, 0.15) is 5.75 Å². The van der Waals surface area contributed by atoms with Crippen molar-refractivity contribution in [2.45, 2.75) is 13.3 Å². The standard InChI is InChI=1S/C8H16BrNO3S/c1-3-7(4-9)5-14(12,13)6-8(11)10-2/h7H,3-6H2,1-2H3,(H,10,11).